The number of benzene rings is 17. The van der Waals surface area contributed by atoms with Gasteiger partial charge in [-0.3, -0.25) is 0 Å². The zero-order valence-corrected chi connectivity index (χ0v) is 65.6. The Morgan fingerprint density at radius 3 is 0.966 bits per heavy atom. The van der Waals surface area contributed by atoms with Crippen LogP contribution >= 0.6 is 22.7 Å². The lowest BCUT2D eigenvalue weighted by Gasteiger charge is -2.13. The van der Waals surface area contributed by atoms with Crippen molar-refractivity contribution < 1.29 is 4.42 Å². The van der Waals surface area contributed by atoms with E-state index in [1.807, 2.05) is 102 Å². The molecule has 0 aliphatic rings. The molecule has 0 aliphatic heterocycles. The molecule has 0 saturated carbocycles. The van der Waals surface area contributed by atoms with Crippen LogP contribution in [0.3, 0.4) is 0 Å². The molecule has 119 heavy (non-hydrogen) atoms. The SMILES string of the molecule is c1ccc(-c2cc(-c3ccccc3)nc(-c3ccc(-c4nc5ccc(-c6ccc(-c7cccc8oc9ccccc9c78)cc6)cc5c5c4sc4ccccc45)cc3)n2)cc1.c1ccc(-c2cc(-c3ccccc3)nc(-c3ccc(-c4nc5ccc(-c6ccc7c8ccccc8c8ccccc8c7c6)cc5c5c4sc4ccccc45)cc3)n2)cc1. The highest BCUT2D eigenvalue weighted by atomic mass is 32.1. The summed E-state index contributed by atoms with van der Waals surface area (Å²) >= 11 is 3.62. The fourth-order valence-electron chi connectivity index (χ4n) is 17.4. The molecule has 24 aromatic rings. The van der Waals surface area contributed by atoms with Crippen molar-refractivity contribution in [2.45, 2.75) is 0 Å². The lowest BCUT2D eigenvalue weighted by atomic mass is 9.91. The van der Waals surface area contributed by atoms with Gasteiger partial charge in [0.1, 0.15) is 11.2 Å². The monoisotopic (exact) mass is 1550 g/mol. The van der Waals surface area contributed by atoms with Gasteiger partial charge in [-0.15, -0.1) is 22.7 Å². The Balaban J connectivity index is 0.000000139. The van der Waals surface area contributed by atoms with Gasteiger partial charge in [0, 0.05) is 97.0 Å². The molecule has 17 aromatic carbocycles. The highest BCUT2D eigenvalue weighted by molar-refractivity contribution is 7.27. The van der Waals surface area contributed by atoms with Crippen molar-refractivity contribution in [1.82, 2.24) is 29.9 Å². The largest absolute Gasteiger partial charge is 0.456 e. The molecule has 0 N–H and O–H groups in total. The van der Waals surface area contributed by atoms with E-state index in [0.29, 0.717) is 11.6 Å². The number of pyridine rings is 2. The van der Waals surface area contributed by atoms with Gasteiger partial charge in [0.05, 0.1) is 54.6 Å². The van der Waals surface area contributed by atoms with Crippen molar-refractivity contribution in [2.75, 3.05) is 0 Å². The molecule has 7 heterocycles. The molecule has 0 bridgehead atoms. The average molecular weight is 1550 g/mol. The molecule has 0 aliphatic carbocycles. The van der Waals surface area contributed by atoms with Crippen LogP contribution in [0.5, 0.6) is 0 Å². The molecule has 0 saturated heterocycles. The van der Waals surface area contributed by atoms with Crippen molar-refractivity contribution in [3.63, 3.8) is 0 Å². The second-order valence-electron chi connectivity index (χ2n) is 30.2. The third kappa shape index (κ3) is 12.3. The number of aromatic nitrogens is 6. The number of para-hydroxylation sites is 1. The van der Waals surface area contributed by atoms with Crippen LogP contribution in [0.2, 0.25) is 0 Å². The number of thiophene rings is 2. The van der Waals surface area contributed by atoms with Crippen molar-refractivity contribution >= 4 is 139 Å². The minimum Gasteiger partial charge on any atom is -0.456 e. The Hall–Kier alpha value is -15.3. The van der Waals surface area contributed by atoms with E-state index in [4.69, 9.17) is 34.3 Å². The van der Waals surface area contributed by atoms with Gasteiger partial charge in [0.2, 0.25) is 0 Å². The van der Waals surface area contributed by atoms with Crippen molar-refractivity contribution in [2.24, 2.45) is 0 Å². The molecule has 0 radical (unpaired) electrons. The van der Waals surface area contributed by atoms with E-state index >= 15 is 0 Å². The van der Waals surface area contributed by atoms with E-state index < -0.39 is 0 Å². The van der Waals surface area contributed by atoms with Crippen molar-refractivity contribution in [1.29, 1.82) is 0 Å². The first kappa shape index (κ1) is 69.3. The number of rotatable bonds is 11. The minimum atomic E-state index is 0.688. The molecule has 554 valence electrons. The van der Waals surface area contributed by atoms with Crippen LogP contribution in [0.4, 0.5) is 0 Å². The lowest BCUT2D eigenvalue weighted by molar-refractivity contribution is 0.669. The first-order chi connectivity index (χ1) is 58.9. The number of hydrogen-bond donors (Lipinski definition) is 0. The summed E-state index contributed by atoms with van der Waals surface area (Å²) in [6, 6.07) is 141. The summed E-state index contributed by atoms with van der Waals surface area (Å²) in [5.74, 6) is 1.38. The first-order valence-corrected chi connectivity index (χ1v) is 41.6. The first-order valence-electron chi connectivity index (χ1n) is 40.0. The molecule has 0 fully saturated rings. The lowest BCUT2D eigenvalue weighted by Crippen LogP contribution is -1.96. The van der Waals surface area contributed by atoms with Gasteiger partial charge in [0.25, 0.3) is 0 Å². The van der Waals surface area contributed by atoms with Crippen LogP contribution in [0.15, 0.2) is 405 Å². The molecule has 7 aromatic heterocycles. The molecule has 7 nitrogen and oxygen atoms in total. The van der Waals surface area contributed by atoms with Gasteiger partial charge < -0.3 is 4.42 Å². The molecular weight excluding hydrogens is 1490 g/mol. The number of nitrogens with zero attached hydrogens (tertiary/aromatic N) is 6. The predicted molar refractivity (Wildman–Crippen MR) is 500 cm³/mol. The van der Waals surface area contributed by atoms with Gasteiger partial charge in [0.15, 0.2) is 11.6 Å². The Kier molecular flexibility index (Phi) is 16.8. The maximum atomic E-state index is 6.19. The van der Waals surface area contributed by atoms with E-state index in [1.54, 1.807) is 11.3 Å². The van der Waals surface area contributed by atoms with Gasteiger partial charge >= 0.3 is 0 Å². The molecule has 0 spiro atoms. The predicted octanol–water partition coefficient (Wildman–Crippen LogP) is 30.5. The average Bonchev–Trinajstić information content (AvgIpc) is 1.52. The second-order valence-corrected chi connectivity index (χ2v) is 32.3. The Bertz CT molecular complexity index is 7980. The van der Waals surface area contributed by atoms with Crippen LogP contribution in [-0.4, -0.2) is 29.9 Å². The summed E-state index contributed by atoms with van der Waals surface area (Å²) in [5.41, 5.74) is 24.6. The maximum Gasteiger partial charge on any atom is 0.160 e. The molecule has 0 unspecified atom stereocenters. The highest BCUT2D eigenvalue weighted by Gasteiger charge is 2.23. The zero-order chi connectivity index (χ0) is 78.4. The van der Waals surface area contributed by atoms with Crippen LogP contribution in [0, 0.1) is 0 Å². The third-order valence-corrected chi connectivity index (χ3v) is 25.5. The standard InChI is InChI=1S/C55H33N3OS.C55H33N3S/c1-3-12-36(13-4-1)46-33-47(37-14-5-2-6-15-37)58-55(57-46)39-28-26-38(27-29-39)53-54-52(43-17-8-10-21-50(43)60-54)44-32-40(30-31-45(44)56-53)34-22-24-35(25-23-34)41-18-11-20-49-51(41)42-16-7-9-19-48(42)59-49;1-3-13-34(14-4-1)49-33-50(35-15-5-2-6-16-35)58-55(57-49)37-25-23-36(24-26-37)53-54-52(45-21-11-12-22-51(45)59-54)47-32-39(28-30-48(47)56-53)38-27-29-44-42-19-8-7-17-40(42)41-18-9-10-20-43(41)46(44)31-38/h1-33H;1-33H. The number of furan rings is 1. The molecule has 0 atom stereocenters. The second kappa shape index (κ2) is 28.9. The molecular formula is C110H66N6OS2. The summed E-state index contributed by atoms with van der Waals surface area (Å²) in [5, 5.41) is 17.3. The van der Waals surface area contributed by atoms with Crippen molar-refractivity contribution in [3.05, 3.63) is 400 Å². The van der Waals surface area contributed by atoms with E-state index in [-0.39, 0.29) is 0 Å². The Morgan fingerprint density at radius 2 is 0.513 bits per heavy atom. The fourth-order valence-corrected chi connectivity index (χ4v) is 19.9. The zero-order valence-electron chi connectivity index (χ0n) is 64.0. The fraction of sp³-hybridized carbons (Fsp3) is 0. The number of hydrogen-bond acceptors (Lipinski definition) is 9. The van der Waals surface area contributed by atoms with Gasteiger partial charge in [-0.2, -0.15) is 0 Å². The minimum absolute atomic E-state index is 0.688. The summed E-state index contributed by atoms with van der Waals surface area (Å²) in [4.78, 5) is 31.1. The summed E-state index contributed by atoms with van der Waals surface area (Å²) in [6.45, 7) is 0. The van der Waals surface area contributed by atoms with Crippen LogP contribution in [0.1, 0.15) is 0 Å². The number of fused-ring (bicyclic) bond motifs is 19. The van der Waals surface area contributed by atoms with Gasteiger partial charge in [-0.25, -0.2) is 29.9 Å². The van der Waals surface area contributed by atoms with Crippen molar-refractivity contribution in [3.8, 4) is 124 Å². The van der Waals surface area contributed by atoms with E-state index in [1.165, 1.54) is 94.7 Å². The summed E-state index contributed by atoms with van der Waals surface area (Å²) < 4.78 is 11.1. The normalized spacial score (nSPS) is 11.7. The van der Waals surface area contributed by atoms with E-state index in [9.17, 15) is 0 Å². The summed E-state index contributed by atoms with van der Waals surface area (Å²) in [7, 11) is 0. The topological polar surface area (TPSA) is 90.5 Å². The highest BCUT2D eigenvalue weighted by Crippen LogP contribution is 2.48. The van der Waals surface area contributed by atoms with Gasteiger partial charge in [-0.1, -0.05) is 334 Å². The van der Waals surface area contributed by atoms with Crippen LogP contribution in [-0.2, 0) is 0 Å². The Morgan fingerprint density at radius 1 is 0.185 bits per heavy atom. The summed E-state index contributed by atoms with van der Waals surface area (Å²) in [6.07, 6.45) is 0. The third-order valence-electron chi connectivity index (χ3n) is 23.2. The van der Waals surface area contributed by atoms with Crippen LogP contribution in [0.25, 0.3) is 240 Å². The molecule has 0 amide bonds. The molecule has 24 rings (SSSR count). The van der Waals surface area contributed by atoms with Crippen LogP contribution < -0.4 is 0 Å². The maximum absolute atomic E-state index is 6.19. The van der Waals surface area contributed by atoms with E-state index in [2.05, 4.69) is 309 Å². The smallest absolute Gasteiger partial charge is 0.160 e. The van der Waals surface area contributed by atoms with Gasteiger partial charge in [-0.05, 0) is 132 Å². The molecule has 9 heteroatoms. The quantitative estimate of drug-likeness (QED) is 0.119. The van der Waals surface area contributed by atoms with E-state index in [0.717, 1.165) is 134 Å². The Labute approximate surface area is 692 Å².